The van der Waals surface area contributed by atoms with E-state index in [1.165, 1.54) is 5.56 Å². The molecule has 0 saturated carbocycles. The maximum atomic E-state index is 12.3. The summed E-state index contributed by atoms with van der Waals surface area (Å²) in [6.07, 6.45) is 0.416. The average molecular weight is 340 g/mol. The molecule has 0 fully saturated rings. The van der Waals surface area contributed by atoms with E-state index >= 15 is 0 Å². The van der Waals surface area contributed by atoms with Gasteiger partial charge in [0.25, 0.3) is 0 Å². The summed E-state index contributed by atoms with van der Waals surface area (Å²) in [4.78, 5) is 24.0. The minimum Gasteiger partial charge on any atom is -0.450 e. The molecule has 2 aromatic carbocycles. The van der Waals surface area contributed by atoms with Gasteiger partial charge in [0, 0.05) is 6.54 Å². The van der Waals surface area contributed by atoms with Gasteiger partial charge >= 0.3 is 6.09 Å². The van der Waals surface area contributed by atoms with Crippen molar-refractivity contribution in [3.05, 3.63) is 71.8 Å². The number of hydrogen-bond acceptors (Lipinski definition) is 3. The summed E-state index contributed by atoms with van der Waals surface area (Å²) >= 11 is 0. The molecule has 5 heteroatoms. The minimum atomic E-state index is -0.520. The number of alkyl carbamates (subject to hydrolysis) is 1. The zero-order valence-corrected chi connectivity index (χ0v) is 14.4. The van der Waals surface area contributed by atoms with Crippen LogP contribution in [0.1, 0.15) is 30.5 Å². The Bertz CT molecular complexity index is 659. The molecule has 2 rings (SSSR count). The van der Waals surface area contributed by atoms with Gasteiger partial charge in [-0.25, -0.2) is 4.79 Å². The van der Waals surface area contributed by atoms with Crippen molar-refractivity contribution in [1.29, 1.82) is 0 Å². The summed E-state index contributed by atoms with van der Waals surface area (Å²) in [6.45, 7) is 2.59. The Labute approximate surface area is 148 Å². The highest BCUT2D eigenvalue weighted by Crippen LogP contribution is 2.16. The first kappa shape index (κ1) is 18.5. The fraction of sp³-hybridized carbons (Fsp3) is 0.300. The number of ether oxygens (including phenoxy) is 1. The molecule has 5 nitrogen and oxygen atoms in total. The quantitative estimate of drug-likeness (QED) is 0.775. The molecule has 0 saturated heterocycles. The van der Waals surface area contributed by atoms with Crippen molar-refractivity contribution in [1.82, 2.24) is 10.6 Å². The maximum absolute atomic E-state index is 12.3. The molecular weight excluding hydrogens is 316 g/mol. The zero-order valence-electron chi connectivity index (χ0n) is 14.4. The van der Waals surface area contributed by atoms with E-state index in [1.54, 1.807) is 6.92 Å². The molecule has 0 spiro atoms. The third-order valence-electron chi connectivity index (χ3n) is 3.74. The van der Waals surface area contributed by atoms with Gasteiger partial charge in [-0.05, 0) is 24.5 Å². The Hall–Kier alpha value is -2.82. The highest BCUT2D eigenvalue weighted by Gasteiger charge is 2.18. The van der Waals surface area contributed by atoms with Crippen LogP contribution in [0.4, 0.5) is 4.79 Å². The van der Waals surface area contributed by atoms with Crippen LogP contribution >= 0.6 is 0 Å². The molecule has 0 aliphatic heterocycles. The molecule has 132 valence electrons. The van der Waals surface area contributed by atoms with Crippen LogP contribution in [0.3, 0.4) is 0 Å². The lowest BCUT2D eigenvalue weighted by atomic mass is 10.0. The van der Waals surface area contributed by atoms with Crippen molar-refractivity contribution < 1.29 is 14.3 Å². The van der Waals surface area contributed by atoms with Crippen molar-refractivity contribution in [2.75, 3.05) is 13.2 Å². The fourth-order valence-corrected chi connectivity index (χ4v) is 2.50. The van der Waals surface area contributed by atoms with E-state index in [-0.39, 0.29) is 18.9 Å². The molecule has 0 aliphatic carbocycles. The fourth-order valence-electron chi connectivity index (χ4n) is 2.50. The normalized spacial score (nSPS) is 11.4. The molecule has 2 amide bonds. The zero-order chi connectivity index (χ0) is 17.9. The van der Waals surface area contributed by atoms with Crippen LogP contribution in [0.15, 0.2) is 60.7 Å². The second-order valence-electron chi connectivity index (χ2n) is 5.62. The van der Waals surface area contributed by atoms with E-state index in [4.69, 9.17) is 4.74 Å². The van der Waals surface area contributed by atoms with Crippen LogP contribution in [0, 0.1) is 0 Å². The molecule has 0 aliphatic rings. The number of nitrogens with one attached hydrogen (secondary N) is 2. The molecule has 1 atom stereocenters. The first-order valence-corrected chi connectivity index (χ1v) is 8.48. The monoisotopic (exact) mass is 340 g/mol. The smallest absolute Gasteiger partial charge is 0.407 e. The van der Waals surface area contributed by atoms with Crippen molar-refractivity contribution in [3.8, 4) is 0 Å². The summed E-state index contributed by atoms with van der Waals surface area (Å²) in [5, 5.41) is 5.66. The van der Waals surface area contributed by atoms with Crippen LogP contribution in [0.5, 0.6) is 0 Å². The molecule has 0 heterocycles. The van der Waals surface area contributed by atoms with Gasteiger partial charge in [-0.15, -0.1) is 0 Å². The van der Waals surface area contributed by atoms with E-state index in [9.17, 15) is 9.59 Å². The van der Waals surface area contributed by atoms with Gasteiger partial charge in [0.1, 0.15) is 0 Å². The Kier molecular flexibility index (Phi) is 7.50. The van der Waals surface area contributed by atoms with Gasteiger partial charge in [0.05, 0.1) is 19.1 Å². The van der Waals surface area contributed by atoms with E-state index in [0.717, 1.165) is 12.0 Å². The molecular formula is C20H24N2O3. The highest BCUT2D eigenvalue weighted by molar-refractivity contribution is 5.78. The van der Waals surface area contributed by atoms with E-state index < -0.39 is 12.1 Å². The Balaban J connectivity index is 1.89. The molecule has 2 N–H and O–H groups in total. The third kappa shape index (κ3) is 6.67. The van der Waals surface area contributed by atoms with Crippen LogP contribution < -0.4 is 10.6 Å². The van der Waals surface area contributed by atoms with E-state index in [0.29, 0.717) is 6.54 Å². The third-order valence-corrected chi connectivity index (χ3v) is 3.74. The topological polar surface area (TPSA) is 67.4 Å². The Morgan fingerprint density at radius 1 is 1.00 bits per heavy atom. The van der Waals surface area contributed by atoms with Gasteiger partial charge in [0.15, 0.2) is 0 Å². The van der Waals surface area contributed by atoms with Gasteiger partial charge in [-0.2, -0.15) is 0 Å². The van der Waals surface area contributed by atoms with Gasteiger partial charge < -0.3 is 15.4 Å². The molecule has 0 bridgehead atoms. The average Bonchev–Trinajstić information content (AvgIpc) is 2.63. The number of benzene rings is 2. The second kappa shape index (κ2) is 10.1. The lowest BCUT2D eigenvalue weighted by Crippen LogP contribution is -2.34. The standard InChI is InChI=1S/C20H24N2O3/c1-2-25-20(24)22-18(17-11-7-4-8-12-17)15-19(23)21-14-13-16-9-5-3-6-10-16/h3-12,18H,2,13-15H2,1H3,(H,21,23)(H,22,24)/t18-/m0/s1. The second-order valence-corrected chi connectivity index (χ2v) is 5.62. The van der Waals surface area contributed by atoms with Gasteiger partial charge in [0.2, 0.25) is 5.91 Å². The predicted molar refractivity (Wildman–Crippen MR) is 97.1 cm³/mol. The highest BCUT2D eigenvalue weighted by atomic mass is 16.5. The summed E-state index contributed by atoms with van der Waals surface area (Å²) in [6, 6.07) is 19.0. The Morgan fingerprint density at radius 2 is 1.64 bits per heavy atom. The van der Waals surface area contributed by atoms with E-state index in [1.807, 2.05) is 60.7 Å². The molecule has 0 radical (unpaired) electrons. The molecule has 25 heavy (non-hydrogen) atoms. The van der Waals surface area contributed by atoms with Crippen LogP contribution in [-0.2, 0) is 16.0 Å². The number of hydrogen-bond donors (Lipinski definition) is 2. The first-order valence-electron chi connectivity index (χ1n) is 8.48. The van der Waals surface area contributed by atoms with Crippen molar-refractivity contribution in [2.45, 2.75) is 25.8 Å². The van der Waals surface area contributed by atoms with Crippen molar-refractivity contribution in [3.63, 3.8) is 0 Å². The number of amides is 2. The lowest BCUT2D eigenvalue weighted by Gasteiger charge is -2.18. The number of rotatable bonds is 8. The van der Waals surface area contributed by atoms with E-state index in [2.05, 4.69) is 10.6 Å². The maximum Gasteiger partial charge on any atom is 0.407 e. The molecule has 2 aromatic rings. The van der Waals surface area contributed by atoms with Crippen molar-refractivity contribution in [2.24, 2.45) is 0 Å². The van der Waals surface area contributed by atoms with Crippen molar-refractivity contribution >= 4 is 12.0 Å². The summed E-state index contributed by atoms with van der Waals surface area (Å²) in [5.74, 6) is -0.110. The largest absolute Gasteiger partial charge is 0.450 e. The predicted octanol–water partition coefficient (Wildman–Crippen LogP) is 3.22. The van der Waals surface area contributed by atoms with Gasteiger partial charge in [-0.3, -0.25) is 4.79 Å². The number of carbonyl (C=O) groups is 2. The first-order chi connectivity index (χ1) is 12.2. The molecule has 0 aromatic heterocycles. The van der Waals surface area contributed by atoms with Crippen LogP contribution in [0.2, 0.25) is 0 Å². The molecule has 0 unspecified atom stereocenters. The minimum absolute atomic E-state index is 0.110. The van der Waals surface area contributed by atoms with Gasteiger partial charge in [-0.1, -0.05) is 60.7 Å². The SMILES string of the molecule is CCOC(=O)N[C@@H](CC(=O)NCCc1ccccc1)c1ccccc1. The summed E-state index contributed by atoms with van der Waals surface area (Å²) in [5.41, 5.74) is 2.04. The summed E-state index contributed by atoms with van der Waals surface area (Å²) < 4.78 is 4.93. The van der Waals surface area contributed by atoms with Crippen LogP contribution in [0.25, 0.3) is 0 Å². The van der Waals surface area contributed by atoms with Crippen LogP contribution in [-0.4, -0.2) is 25.2 Å². The number of carbonyl (C=O) groups excluding carboxylic acids is 2. The summed E-state index contributed by atoms with van der Waals surface area (Å²) in [7, 11) is 0. The lowest BCUT2D eigenvalue weighted by molar-refractivity contribution is -0.121. The Morgan fingerprint density at radius 3 is 2.28 bits per heavy atom.